The monoisotopic (exact) mass is 152 g/mol. The van der Waals surface area contributed by atoms with Gasteiger partial charge in [0.2, 0.25) is 0 Å². The van der Waals surface area contributed by atoms with Gasteiger partial charge in [-0.1, -0.05) is 4.91 Å². The molecule has 2 rings (SSSR count). The minimum atomic E-state index is 1.09. The van der Waals surface area contributed by atoms with E-state index in [4.69, 9.17) is 0 Å². The molecule has 0 N–H and O–H groups in total. The molecule has 0 amide bonds. The Kier molecular flexibility index (Phi) is 1.75. The Morgan fingerprint density at radius 1 is 0.909 bits per heavy atom. The Bertz CT molecular complexity index is 200. The van der Waals surface area contributed by atoms with E-state index in [-0.39, 0.29) is 0 Å². The van der Waals surface area contributed by atoms with Crippen LogP contribution in [0.25, 0.3) is 0 Å². The van der Waals surface area contributed by atoms with Crippen molar-refractivity contribution in [1.29, 1.82) is 0 Å². The summed E-state index contributed by atoms with van der Waals surface area (Å²) in [5, 5.41) is 10.3. The molecule has 1 fully saturated rings. The van der Waals surface area contributed by atoms with E-state index in [1.807, 2.05) is 0 Å². The first-order chi connectivity index (χ1) is 5.47. The first-order valence-corrected chi connectivity index (χ1v) is 4.08. The van der Waals surface area contributed by atoms with Crippen molar-refractivity contribution in [2.24, 2.45) is 0 Å². The molecule has 4 heteroatoms. The summed E-state index contributed by atoms with van der Waals surface area (Å²) in [6, 6.07) is 0. The molecule has 1 saturated heterocycles. The van der Waals surface area contributed by atoms with Gasteiger partial charge < -0.3 is 0 Å². The van der Waals surface area contributed by atoms with E-state index in [1.54, 1.807) is 17.3 Å². The van der Waals surface area contributed by atoms with Gasteiger partial charge in [0, 0.05) is 13.1 Å². The van der Waals surface area contributed by atoms with Gasteiger partial charge >= 0.3 is 0 Å². The van der Waals surface area contributed by atoms with Crippen LogP contribution in [0.2, 0.25) is 0 Å². The summed E-state index contributed by atoms with van der Waals surface area (Å²) in [6.07, 6.45) is 7.31. The number of hydrogen-bond donors (Lipinski definition) is 0. The number of rotatable bonds is 1. The van der Waals surface area contributed by atoms with Gasteiger partial charge in [0.1, 0.15) is 0 Å². The van der Waals surface area contributed by atoms with Gasteiger partial charge in [0.15, 0.2) is 0 Å². The third-order valence-electron chi connectivity index (χ3n) is 1.99. The molecule has 11 heavy (non-hydrogen) atoms. The largest absolute Gasteiger partial charge is 0.280 e. The zero-order valence-electron chi connectivity index (χ0n) is 6.48. The lowest BCUT2D eigenvalue weighted by atomic mass is 10.2. The Balaban J connectivity index is 2.04. The zero-order valence-corrected chi connectivity index (χ0v) is 6.48. The SMILES string of the molecule is c1cnn(N2CCCCC2)n1. The first kappa shape index (κ1) is 6.64. The van der Waals surface area contributed by atoms with Crippen molar-refractivity contribution >= 4 is 0 Å². The van der Waals surface area contributed by atoms with E-state index >= 15 is 0 Å². The second-order valence-corrected chi connectivity index (χ2v) is 2.81. The van der Waals surface area contributed by atoms with Crippen LogP contribution in [-0.2, 0) is 0 Å². The van der Waals surface area contributed by atoms with Crippen molar-refractivity contribution in [1.82, 2.24) is 15.1 Å². The number of piperidine rings is 1. The molecule has 0 spiro atoms. The van der Waals surface area contributed by atoms with E-state index in [0.717, 1.165) is 13.1 Å². The highest BCUT2D eigenvalue weighted by molar-refractivity contribution is 4.83. The molecule has 0 bridgehead atoms. The normalized spacial score (nSPS) is 18.7. The second kappa shape index (κ2) is 2.90. The van der Waals surface area contributed by atoms with E-state index in [0.29, 0.717) is 0 Å². The third-order valence-corrected chi connectivity index (χ3v) is 1.99. The van der Waals surface area contributed by atoms with Gasteiger partial charge in [-0.2, -0.15) is 0 Å². The zero-order chi connectivity index (χ0) is 7.52. The van der Waals surface area contributed by atoms with E-state index in [1.165, 1.54) is 19.3 Å². The lowest BCUT2D eigenvalue weighted by Crippen LogP contribution is -2.40. The van der Waals surface area contributed by atoms with Crippen LogP contribution >= 0.6 is 0 Å². The average molecular weight is 152 g/mol. The Morgan fingerprint density at radius 3 is 2.18 bits per heavy atom. The van der Waals surface area contributed by atoms with Gasteiger partial charge in [-0.25, -0.2) is 0 Å². The van der Waals surface area contributed by atoms with Crippen molar-refractivity contribution in [3.8, 4) is 0 Å². The minimum Gasteiger partial charge on any atom is -0.280 e. The fourth-order valence-electron chi connectivity index (χ4n) is 1.41. The van der Waals surface area contributed by atoms with Gasteiger partial charge in [0.25, 0.3) is 0 Å². The van der Waals surface area contributed by atoms with Gasteiger partial charge in [0.05, 0.1) is 12.4 Å². The maximum atomic E-state index is 4.07. The smallest absolute Gasteiger partial charge is 0.0714 e. The highest BCUT2D eigenvalue weighted by Crippen LogP contribution is 2.05. The summed E-state index contributed by atoms with van der Waals surface area (Å²) in [6.45, 7) is 2.18. The average Bonchev–Trinajstić information content (AvgIpc) is 2.58. The molecule has 60 valence electrons. The second-order valence-electron chi connectivity index (χ2n) is 2.81. The van der Waals surface area contributed by atoms with Crippen molar-refractivity contribution in [3.05, 3.63) is 12.4 Å². The molecule has 1 aromatic heterocycles. The first-order valence-electron chi connectivity index (χ1n) is 4.08. The molecular weight excluding hydrogens is 140 g/mol. The van der Waals surface area contributed by atoms with Crippen LogP contribution in [0, 0.1) is 0 Å². The molecule has 1 aliphatic heterocycles. The van der Waals surface area contributed by atoms with E-state index in [2.05, 4.69) is 15.2 Å². The summed E-state index contributed by atoms with van der Waals surface area (Å²) in [7, 11) is 0. The van der Waals surface area contributed by atoms with Crippen LogP contribution in [-0.4, -0.2) is 28.2 Å². The van der Waals surface area contributed by atoms with Crippen molar-refractivity contribution in [2.75, 3.05) is 18.1 Å². The molecule has 1 aliphatic rings. The summed E-state index contributed by atoms with van der Waals surface area (Å²) in [5.41, 5.74) is 0. The van der Waals surface area contributed by atoms with Gasteiger partial charge in [-0.05, 0) is 19.3 Å². The molecule has 0 aromatic carbocycles. The topological polar surface area (TPSA) is 34.0 Å². The minimum absolute atomic E-state index is 1.09. The molecular formula is C7H12N4. The third kappa shape index (κ3) is 1.34. The molecule has 2 heterocycles. The molecule has 4 nitrogen and oxygen atoms in total. The summed E-state index contributed by atoms with van der Waals surface area (Å²) >= 11 is 0. The van der Waals surface area contributed by atoms with Crippen LogP contribution in [0.1, 0.15) is 19.3 Å². The number of aromatic nitrogens is 3. The number of nitrogens with zero attached hydrogens (tertiary/aromatic N) is 4. The van der Waals surface area contributed by atoms with Gasteiger partial charge in [-0.3, -0.25) is 5.01 Å². The highest BCUT2D eigenvalue weighted by Gasteiger charge is 2.10. The quantitative estimate of drug-likeness (QED) is 0.584. The maximum absolute atomic E-state index is 4.07. The standard InChI is InChI=1S/C7H12N4/c1-2-6-10(7-3-1)11-8-4-5-9-11/h4-5H,1-3,6-7H2. The van der Waals surface area contributed by atoms with Crippen LogP contribution < -0.4 is 5.01 Å². The lowest BCUT2D eigenvalue weighted by Gasteiger charge is -2.26. The lowest BCUT2D eigenvalue weighted by molar-refractivity contribution is 0.413. The molecule has 0 atom stereocenters. The van der Waals surface area contributed by atoms with Crippen molar-refractivity contribution in [3.63, 3.8) is 0 Å². The highest BCUT2D eigenvalue weighted by atomic mass is 15.8. The van der Waals surface area contributed by atoms with Crippen LogP contribution in [0.4, 0.5) is 0 Å². The molecule has 0 saturated carbocycles. The molecule has 0 unspecified atom stereocenters. The molecule has 0 radical (unpaired) electrons. The Morgan fingerprint density at radius 2 is 1.55 bits per heavy atom. The Labute approximate surface area is 65.8 Å². The van der Waals surface area contributed by atoms with E-state index < -0.39 is 0 Å². The predicted octanol–water partition coefficient (Wildman–Crippen LogP) is 0.400. The molecule has 1 aromatic rings. The predicted molar refractivity (Wildman–Crippen MR) is 41.8 cm³/mol. The van der Waals surface area contributed by atoms with Crippen LogP contribution in [0.15, 0.2) is 12.4 Å². The van der Waals surface area contributed by atoms with E-state index in [9.17, 15) is 0 Å². The summed E-state index contributed by atoms with van der Waals surface area (Å²) < 4.78 is 0. The summed E-state index contributed by atoms with van der Waals surface area (Å²) in [5.74, 6) is 0. The van der Waals surface area contributed by atoms with Crippen LogP contribution in [0.3, 0.4) is 0 Å². The fraction of sp³-hybridized carbons (Fsp3) is 0.714. The fourth-order valence-corrected chi connectivity index (χ4v) is 1.41. The molecule has 0 aliphatic carbocycles. The maximum Gasteiger partial charge on any atom is 0.0714 e. The Hall–Kier alpha value is -1.06. The van der Waals surface area contributed by atoms with Gasteiger partial charge in [-0.15, -0.1) is 10.2 Å². The van der Waals surface area contributed by atoms with Crippen molar-refractivity contribution < 1.29 is 0 Å². The van der Waals surface area contributed by atoms with Crippen LogP contribution in [0.5, 0.6) is 0 Å². The summed E-state index contributed by atoms with van der Waals surface area (Å²) in [4.78, 5) is 1.69. The number of hydrogen-bond acceptors (Lipinski definition) is 3. The van der Waals surface area contributed by atoms with Crippen molar-refractivity contribution in [2.45, 2.75) is 19.3 Å².